The molecule has 164 valence electrons. The predicted molar refractivity (Wildman–Crippen MR) is 119 cm³/mol. The Balaban J connectivity index is 1.63. The van der Waals surface area contributed by atoms with Crippen molar-refractivity contribution in [3.63, 3.8) is 0 Å². The minimum atomic E-state index is -0.580. The summed E-state index contributed by atoms with van der Waals surface area (Å²) in [6.45, 7) is 6.30. The maximum atomic E-state index is 13.2. The molecule has 0 saturated carbocycles. The Morgan fingerprint density at radius 2 is 1.65 bits per heavy atom. The number of hydrogen-bond acceptors (Lipinski definition) is 5. The monoisotopic (exact) mass is 424 g/mol. The van der Waals surface area contributed by atoms with Gasteiger partial charge in [0, 0.05) is 49.6 Å². The van der Waals surface area contributed by atoms with E-state index in [-0.39, 0.29) is 23.4 Å². The fraction of sp³-hybridized carbons (Fsp3) is 0.391. The number of carbonyl (C=O) groups is 2. The first-order valence-corrected chi connectivity index (χ1v) is 10.5. The van der Waals surface area contributed by atoms with Crippen LogP contribution in [0.15, 0.2) is 54.6 Å². The molecular weight excluding hydrogens is 396 g/mol. The third-order valence-electron chi connectivity index (χ3n) is 5.82. The normalized spacial score (nSPS) is 15.8. The number of nitrogens with one attached hydrogen (secondary N) is 1. The Bertz CT molecular complexity index is 909. The largest absolute Gasteiger partial charge is 0.368 e. The minimum absolute atomic E-state index is 0.00728. The van der Waals surface area contributed by atoms with E-state index in [1.54, 1.807) is 41.3 Å². The van der Waals surface area contributed by atoms with Crippen molar-refractivity contribution in [2.75, 3.05) is 31.1 Å². The highest BCUT2D eigenvalue weighted by Gasteiger charge is 2.32. The van der Waals surface area contributed by atoms with Crippen LogP contribution in [0.2, 0.25) is 0 Å². The van der Waals surface area contributed by atoms with Crippen LogP contribution in [0.5, 0.6) is 0 Å². The van der Waals surface area contributed by atoms with Crippen LogP contribution in [0.1, 0.15) is 30.6 Å². The molecular formula is C23H28N4O4. The molecule has 0 aliphatic carbocycles. The van der Waals surface area contributed by atoms with Gasteiger partial charge >= 0.3 is 0 Å². The zero-order chi connectivity index (χ0) is 22.4. The summed E-state index contributed by atoms with van der Waals surface area (Å²) >= 11 is 0. The van der Waals surface area contributed by atoms with Gasteiger partial charge in [-0.3, -0.25) is 19.7 Å². The summed E-state index contributed by atoms with van der Waals surface area (Å²) in [6.07, 6.45) is 0.772. The zero-order valence-electron chi connectivity index (χ0n) is 17.9. The number of benzene rings is 2. The van der Waals surface area contributed by atoms with Crippen molar-refractivity contribution in [2.24, 2.45) is 5.92 Å². The first kappa shape index (κ1) is 22.3. The quantitative estimate of drug-likeness (QED) is 0.544. The number of nitrogens with zero attached hydrogens (tertiary/aromatic N) is 3. The molecule has 31 heavy (non-hydrogen) atoms. The van der Waals surface area contributed by atoms with Gasteiger partial charge in [0.1, 0.15) is 6.04 Å². The van der Waals surface area contributed by atoms with E-state index < -0.39 is 11.0 Å². The van der Waals surface area contributed by atoms with Gasteiger partial charge in [-0.15, -0.1) is 0 Å². The molecule has 8 heteroatoms. The van der Waals surface area contributed by atoms with E-state index in [2.05, 4.69) is 10.2 Å². The Kier molecular flexibility index (Phi) is 7.23. The van der Waals surface area contributed by atoms with Crippen molar-refractivity contribution in [2.45, 2.75) is 26.3 Å². The molecule has 1 aliphatic rings. The molecule has 2 amide bonds. The average Bonchev–Trinajstić information content (AvgIpc) is 2.82. The SMILES string of the molecule is CC[C@H](C)[C@H](NC(=O)c1ccccc1)C(=O)N1CCN(c2ccc([N+](=O)[O-])cc2)CC1. The van der Waals surface area contributed by atoms with Crippen molar-refractivity contribution in [3.05, 3.63) is 70.3 Å². The summed E-state index contributed by atoms with van der Waals surface area (Å²) < 4.78 is 0. The summed E-state index contributed by atoms with van der Waals surface area (Å²) in [5, 5.41) is 13.8. The molecule has 1 N–H and O–H groups in total. The summed E-state index contributed by atoms with van der Waals surface area (Å²) in [7, 11) is 0. The number of amides is 2. The summed E-state index contributed by atoms with van der Waals surface area (Å²) in [5.74, 6) is -0.307. The molecule has 2 aromatic carbocycles. The molecule has 0 aromatic heterocycles. The van der Waals surface area contributed by atoms with Gasteiger partial charge < -0.3 is 15.1 Å². The van der Waals surface area contributed by atoms with Crippen LogP contribution in [0.4, 0.5) is 11.4 Å². The number of hydrogen-bond donors (Lipinski definition) is 1. The lowest BCUT2D eigenvalue weighted by Gasteiger charge is -2.38. The molecule has 3 rings (SSSR count). The van der Waals surface area contributed by atoms with Crippen LogP contribution in [-0.4, -0.2) is 53.9 Å². The minimum Gasteiger partial charge on any atom is -0.368 e. The number of nitro groups is 1. The highest BCUT2D eigenvalue weighted by atomic mass is 16.6. The highest BCUT2D eigenvalue weighted by molar-refractivity contribution is 5.97. The van der Waals surface area contributed by atoms with E-state index in [1.807, 2.05) is 19.9 Å². The molecule has 1 heterocycles. The molecule has 2 atom stereocenters. The fourth-order valence-corrected chi connectivity index (χ4v) is 3.66. The number of rotatable bonds is 7. The average molecular weight is 425 g/mol. The number of non-ortho nitro benzene ring substituents is 1. The van der Waals surface area contributed by atoms with Crippen molar-refractivity contribution in [1.82, 2.24) is 10.2 Å². The molecule has 1 saturated heterocycles. The van der Waals surface area contributed by atoms with Gasteiger partial charge in [0.15, 0.2) is 0 Å². The summed E-state index contributed by atoms with van der Waals surface area (Å²) in [6, 6.07) is 14.8. The molecule has 2 aromatic rings. The summed E-state index contributed by atoms with van der Waals surface area (Å²) in [5.41, 5.74) is 1.49. The highest BCUT2D eigenvalue weighted by Crippen LogP contribution is 2.21. The van der Waals surface area contributed by atoms with E-state index in [1.165, 1.54) is 12.1 Å². The van der Waals surface area contributed by atoms with E-state index in [9.17, 15) is 19.7 Å². The van der Waals surface area contributed by atoms with Crippen LogP contribution >= 0.6 is 0 Å². The van der Waals surface area contributed by atoms with Gasteiger partial charge in [-0.1, -0.05) is 38.5 Å². The lowest BCUT2D eigenvalue weighted by molar-refractivity contribution is -0.384. The van der Waals surface area contributed by atoms with Gasteiger partial charge in [-0.05, 0) is 30.2 Å². The van der Waals surface area contributed by atoms with Gasteiger partial charge in [0.05, 0.1) is 4.92 Å². The Labute approximate surface area is 182 Å². The molecule has 1 aliphatic heterocycles. The van der Waals surface area contributed by atoms with Crippen LogP contribution in [0.25, 0.3) is 0 Å². The van der Waals surface area contributed by atoms with Crippen LogP contribution in [0, 0.1) is 16.0 Å². The number of piperazine rings is 1. The maximum Gasteiger partial charge on any atom is 0.269 e. The second-order valence-corrected chi connectivity index (χ2v) is 7.79. The molecule has 0 spiro atoms. The predicted octanol–water partition coefficient (Wildman–Crippen LogP) is 3.09. The second kappa shape index (κ2) is 10.1. The second-order valence-electron chi connectivity index (χ2n) is 7.79. The van der Waals surface area contributed by atoms with Crippen molar-refractivity contribution >= 4 is 23.2 Å². The molecule has 0 unspecified atom stereocenters. The molecule has 8 nitrogen and oxygen atoms in total. The third kappa shape index (κ3) is 5.39. The zero-order valence-corrected chi connectivity index (χ0v) is 17.9. The van der Waals surface area contributed by atoms with Crippen LogP contribution < -0.4 is 10.2 Å². The van der Waals surface area contributed by atoms with Gasteiger partial charge in [0.25, 0.3) is 11.6 Å². The van der Waals surface area contributed by atoms with Crippen molar-refractivity contribution in [3.8, 4) is 0 Å². The van der Waals surface area contributed by atoms with Crippen molar-refractivity contribution < 1.29 is 14.5 Å². The van der Waals surface area contributed by atoms with E-state index in [4.69, 9.17) is 0 Å². The lowest BCUT2D eigenvalue weighted by Crippen LogP contribution is -2.56. The van der Waals surface area contributed by atoms with E-state index in [0.29, 0.717) is 31.7 Å². The maximum absolute atomic E-state index is 13.2. The van der Waals surface area contributed by atoms with Crippen molar-refractivity contribution in [1.29, 1.82) is 0 Å². The Hall–Kier alpha value is -3.42. The standard InChI is InChI=1S/C23H28N4O4/c1-3-17(2)21(24-22(28)18-7-5-4-6-8-18)23(29)26-15-13-25(14-16-26)19-9-11-20(12-10-19)27(30)31/h4-12,17,21H,3,13-16H2,1-2H3,(H,24,28)/t17-,21-/m0/s1. The number of carbonyl (C=O) groups excluding carboxylic acids is 2. The first-order chi connectivity index (χ1) is 14.9. The number of anilines is 1. The Morgan fingerprint density at radius 1 is 1.03 bits per heavy atom. The lowest BCUT2D eigenvalue weighted by atomic mass is 9.97. The third-order valence-corrected chi connectivity index (χ3v) is 5.82. The van der Waals surface area contributed by atoms with Gasteiger partial charge in [0.2, 0.25) is 5.91 Å². The van der Waals surface area contributed by atoms with E-state index >= 15 is 0 Å². The molecule has 1 fully saturated rings. The van der Waals surface area contributed by atoms with Crippen LogP contribution in [0.3, 0.4) is 0 Å². The molecule has 0 radical (unpaired) electrons. The van der Waals surface area contributed by atoms with Crippen LogP contribution in [-0.2, 0) is 4.79 Å². The first-order valence-electron chi connectivity index (χ1n) is 10.5. The smallest absolute Gasteiger partial charge is 0.269 e. The van der Waals surface area contributed by atoms with Gasteiger partial charge in [-0.2, -0.15) is 0 Å². The molecule has 0 bridgehead atoms. The summed E-state index contributed by atoms with van der Waals surface area (Å²) in [4.78, 5) is 40.2. The topological polar surface area (TPSA) is 95.8 Å². The fourth-order valence-electron chi connectivity index (χ4n) is 3.66. The Morgan fingerprint density at radius 3 is 2.19 bits per heavy atom. The van der Waals surface area contributed by atoms with E-state index in [0.717, 1.165) is 12.1 Å². The van der Waals surface area contributed by atoms with Gasteiger partial charge in [-0.25, -0.2) is 0 Å². The number of nitro benzene ring substituents is 1.